The van der Waals surface area contributed by atoms with Crippen LogP contribution in [0.15, 0.2) is 85.1 Å². The second kappa shape index (κ2) is 63.7. The molecule has 431 valence electrons. The van der Waals surface area contributed by atoms with Gasteiger partial charge < -0.3 is 0 Å². The predicted octanol–water partition coefficient (Wildman–Crippen LogP) is 24.1. The fourth-order valence-corrected chi connectivity index (χ4v) is 9.86. The van der Waals surface area contributed by atoms with Crippen LogP contribution in [-0.2, 0) is 14.4 Å². The molecule has 0 amide bonds. The summed E-state index contributed by atoms with van der Waals surface area (Å²) in [6, 6.07) is 0. The van der Waals surface area contributed by atoms with Gasteiger partial charge in [0, 0.05) is 25.7 Å². The molecule has 0 bridgehead atoms. The second-order valence-corrected chi connectivity index (χ2v) is 22.3. The first-order valence-corrected chi connectivity index (χ1v) is 33.1. The molecule has 0 aromatic carbocycles. The van der Waals surface area contributed by atoms with E-state index in [4.69, 9.17) is 0 Å². The van der Waals surface area contributed by atoms with Crippen LogP contribution in [0.4, 0.5) is 0 Å². The van der Waals surface area contributed by atoms with Crippen molar-refractivity contribution in [2.75, 3.05) is 0 Å². The summed E-state index contributed by atoms with van der Waals surface area (Å²) in [6.07, 6.45) is 90.8. The molecule has 0 heterocycles. The number of Topliss-reactive ketones (excluding diaryl/α,β-unsaturated/α-hetero) is 3. The van der Waals surface area contributed by atoms with Crippen LogP contribution >= 0.6 is 0 Å². The lowest BCUT2D eigenvalue weighted by Gasteiger charge is -2.14. The molecule has 0 aromatic heterocycles. The number of carbonyl (C=O) groups excluding carboxylic acids is 3. The molecular formula is C72H125O3. The van der Waals surface area contributed by atoms with Crippen molar-refractivity contribution in [3.63, 3.8) is 0 Å². The fourth-order valence-electron chi connectivity index (χ4n) is 9.86. The first kappa shape index (κ1) is 72.2. The minimum absolute atomic E-state index is 0.120. The number of ketones is 3. The van der Waals surface area contributed by atoms with Gasteiger partial charge in [0.1, 0.15) is 23.3 Å². The fraction of sp³-hybridized carbons (Fsp3) is 0.750. The largest absolute Gasteiger partial charge is 0.300 e. The SMILES string of the molecule is CCCCC/C=C\C/C=C\CCCCCCCC(=O)[C](CCC/C=C\C/C=C\C/C=C\C/C=C\CCCCCC(=O)CCCCCCC/C=C\CCCCCCCC)C(=O)CCCCCCCCCCCCCCC. The molecule has 3 nitrogen and oxygen atoms in total. The molecule has 1 radical (unpaired) electrons. The van der Waals surface area contributed by atoms with Crippen LogP contribution in [0, 0.1) is 5.92 Å². The van der Waals surface area contributed by atoms with Crippen molar-refractivity contribution in [3.8, 4) is 0 Å². The van der Waals surface area contributed by atoms with E-state index in [0.717, 1.165) is 109 Å². The van der Waals surface area contributed by atoms with Crippen LogP contribution in [-0.4, -0.2) is 17.3 Å². The lowest BCUT2D eigenvalue weighted by Crippen LogP contribution is -2.22. The van der Waals surface area contributed by atoms with Crippen LogP contribution in [0.1, 0.15) is 348 Å². The minimum Gasteiger partial charge on any atom is -0.300 e. The van der Waals surface area contributed by atoms with Crippen molar-refractivity contribution in [2.24, 2.45) is 0 Å². The van der Waals surface area contributed by atoms with Gasteiger partial charge in [-0.2, -0.15) is 0 Å². The van der Waals surface area contributed by atoms with Crippen molar-refractivity contribution >= 4 is 17.3 Å². The molecule has 3 heteroatoms. The van der Waals surface area contributed by atoms with Crippen LogP contribution in [0.5, 0.6) is 0 Å². The average molecular weight is 1040 g/mol. The molecule has 0 aliphatic carbocycles. The van der Waals surface area contributed by atoms with E-state index in [2.05, 4.69) is 106 Å². The molecule has 0 saturated carbocycles. The van der Waals surface area contributed by atoms with Gasteiger partial charge in [0.25, 0.3) is 0 Å². The lowest BCUT2D eigenvalue weighted by atomic mass is 9.87. The van der Waals surface area contributed by atoms with Crippen molar-refractivity contribution in [2.45, 2.75) is 348 Å². The number of hydrogen-bond acceptors (Lipinski definition) is 3. The molecule has 0 fully saturated rings. The summed E-state index contributed by atoms with van der Waals surface area (Å²) in [5.41, 5.74) is 0. The zero-order chi connectivity index (χ0) is 54.3. The maximum Gasteiger partial charge on any atom is 0.147 e. The van der Waals surface area contributed by atoms with E-state index in [1.807, 2.05) is 0 Å². The van der Waals surface area contributed by atoms with Crippen LogP contribution in [0.2, 0.25) is 0 Å². The quantitative estimate of drug-likeness (QED) is 0.0346. The van der Waals surface area contributed by atoms with E-state index < -0.39 is 0 Å². The van der Waals surface area contributed by atoms with E-state index >= 15 is 0 Å². The number of carbonyl (C=O) groups is 3. The number of allylic oxidation sites excluding steroid dienone is 14. The average Bonchev–Trinajstić information content (AvgIpc) is 3.41. The van der Waals surface area contributed by atoms with Crippen LogP contribution in [0.3, 0.4) is 0 Å². The summed E-state index contributed by atoms with van der Waals surface area (Å²) in [4.78, 5) is 39.2. The van der Waals surface area contributed by atoms with E-state index in [0.29, 0.717) is 31.0 Å². The van der Waals surface area contributed by atoms with Crippen LogP contribution < -0.4 is 0 Å². The van der Waals surface area contributed by atoms with E-state index in [9.17, 15) is 14.4 Å². The summed E-state index contributed by atoms with van der Waals surface area (Å²) in [5, 5.41) is 0. The predicted molar refractivity (Wildman–Crippen MR) is 335 cm³/mol. The number of rotatable bonds is 61. The van der Waals surface area contributed by atoms with Gasteiger partial charge in [-0.3, -0.25) is 14.4 Å². The van der Waals surface area contributed by atoms with Crippen LogP contribution in [0.25, 0.3) is 0 Å². The zero-order valence-electron chi connectivity index (χ0n) is 50.4. The highest BCUT2D eigenvalue weighted by Gasteiger charge is 2.25. The molecule has 0 N–H and O–H groups in total. The monoisotopic (exact) mass is 1040 g/mol. The Bertz CT molecular complexity index is 1420. The van der Waals surface area contributed by atoms with Crippen molar-refractivity contribution < 1.29 is 14.4 Å². The number of hydrogen-bond donors (Lipinski definition) is 0. The van der Waals surface area contributed by atoms with Gasteiger partial charge in [-0.15, -0.1) is 0 Å². The molecule has 0 spiro atoms. The topological polar surface area (TPSA) is 51.2 Å². The van der Waals surface area contributed by atoms with E-state index in [-0.39, 0.29) is 11.6 Å². The Morgan fingerprint density at radius 1 is 0.213 bits per heavy atom. The summed E-state index contributed by atoms with van der Waals surface area (Å²) < 4.78 is 0. The lowest BCUT2D eigenvalue weighted by molar-refractivity contribution is -0.125. The Balaban J connectivity index is 4.25. The molecule has 0 aliphatic rings. The van der Waals surface area contributed by atoms with Gasteiger partial charge in [0.15, 0.2) is 0 Å². The standard InChI is InChI=1S/C72H125O3/c1-4-7-10-13-16-19-22-25-30-35-39-44-49-54-59-64-69(73)65-60-55-50-45-40-36-32-28-27-29-33-37-41-46-51-56-61-66-70(71(74)67-62-57-52-47-42-34-24-21-18-15-12-9-6-3)72(75)68-63-58-53-48-43-38-31-26-23-20-17-14-11-8-5-2/h17,20,25-28,30-31,33,36-37,40,46,51H,4-16,18-19,21-24,29,32,34-35,38-39,41-45,47-50,52-68H2,1-3H3/b20-17-,28-27-,30-25-,31-26-,37-33-,40-36-,51-46-. The zero-order valence-corrected chi connectivity index (χ0v) is 50.4. The Morgan fingerprint density at radius 3 is 0.760 bits per heavy atom. The van der Waals surface area contributed by atoms with E-state index in [1.165, 1.54) is 199 Å². The third kappa shape index (κ3) is 58.7. The highest BCUT2D eigenvalue weighted by Crippen LogP contribution is 2.22. The smallest absolute Gasteiger partial charge is 0.147 e. The maximum atomic E-state index is 13.5. The molecule has 0 aromatic rings. The Kier molecular flexibility index (Phi) is 61.3. The van der Waals surface area contributed by atoms with Gasteiger partial charge in [0.2, 0.25) is 0 Å². The molecular weight excluding hydrogens is 913 g/mol. The first-order valence-electron chi connectivity index (χ1n) is 33.1. The molecule has 0 saturated heterocycles. The third-order valence-electron chi connectivity index (χ3n) is 14.9. The molecule has 0 rings (SSSR count). The Hall–Kier alpha value is -2.81. The summed E-state index contributed by atoms with van der Waals surface area (Å²) in [7, 11) is 0. The van der Waals surface area contributed by atoms with Gasteiger partial charge in [-0.25, -0.2) is 0 Å². The maximum absolute atomic E-state index is 13.5. The highest BCUT2D eigenvalue weighted by atomic mass is 16.2. The van der Waals surface area contributed by atoms with Gasteiger partial charge in [-0.1, -0.05) is 273 Å². The molecule has 0 aliphatic heterocycles. The second-order valence-electron chi connectivity index (χ2n) is 22.3. The van der Waals surface area contributed by atoms with Crippen molar-refractivity contribution in [1.82, 2.24) is 0 Å². The van der Waals surface area contributed by atoms with Gasteiger partial charge in [-0.05, 0) is 135 Å². The first-order chi connectivity index (χ1) is 37.1. The van der Waals surface area contributed by atoms with Gasteiger partial charge >= 0.3 is 0 Å². The third-order valence-corrected chi connectivity index (χ3v) is 14.9. The summed E-state index contributed by atoms with van der Waals surface area (Å²) in [6.45, 7) is 6.81. The van der Waals surface area contributed by atoms with Crippen molar-refractivity contribution in [3.05, 3.63) is 91.0 Å². The highest BCUT2D eigenvalue weighted by molar-refractivity contribution is 6.16. The van der Waals surface area contributed by atoms with Crippen molar-refractivity contribution in [1.29, 1.82) is 0 Å². The number of unbranched alkanes of at least 4 members (excludes halogenated alkanes) is 35. The Morgan fingerprint density at radius 2 is 0.427 bits per heavy atom. The molecule has 0 atom stereocenters. The normalized spacial score (nSPS) is 12.4. The van der Waals surface area contributed by atoms with Gasteiger partial charge in [0.05, 0.1) is 0 Å². The molecule has 0 unspecified atom stereocenters. The summed E-state index contributed by atoms with van der Waals surface area (Å²) in [5.74, 6) is 1.32. The summed E-state index contributed by atoms with van der Waals surface area (Å²) >= 11 is 0. The minimum atomic E-state index is 0.120. The Labute approximate surface area is 468 Å². The molecule has 75 heavy (non-hydrogen) atoms. The van der Waals surface area contributed by atoms with E-state index in [1.54, 1.807) is 0 Å².